The van der Waals surface area contributed by atoms with Gasteiger partial charge in [-0.15, -0.1) is 0 Å². The van der Waals surface area contributed by atoms with Crippen molar-refractivity contribution >= 4 is 5.91 Å². The second-order valence-electron chi connectivity index (χ2n) is 4.26. The third-order valence-electron chi connectivity index (χ3n) is 2.60. The molecule has 1 aromatic carbocycles. The molecule has 0 aliphatic rings. The number of halogens is 2. The number of benzene rings is 1. The van der Waals surface area contributed by atoms with Crippen molar-refractivity contribution in [2.45, 2.75) is 13.3 Å². The topological polar surface area (TPSA) is 64.3 Å². The first-order valence-corrected chi connectivity index (χ1v) is 6.48. The molecular formula is C15H18F2N2O2. The lowest BCUT2D eigenvalue weighted by Crippen LogP contribution is -2.27. The zero-order valence-electron chi connectivity index (χ0n) is 11.8. The third-order valence-corrected chi connectivity index (χ3v) is 2.60. The van der Waals surface area contributed by atoms with Crippen molar-refractivity contribution in [1.82, 2.24) is 5.32 Å². The highest BCUT2D eigenvalue weighted by molar-refractivity contribution is 5.94. The Labute approximate surface area is 122 Å². The Hall–Kier alpha value is -1.97. The second kappa shape index (κ2) is 9.06. The average Bonchev–Trinajstić information content (AvgIpc) is 2.45. The van der Waals surface area contributed by atoms with Gasteiger partial charge in [0.2, 0.25) is 0 Å². The summed E-state index contributed by atoms with van der Waals surface area (Å²) in [4.78, 5) is 11.9. The summed E-state index contributed by atoms with van der Waals surface area (Å²) in [7, 11) is 0. The van der Waals surface area contributed by atoms with Gasteiger partial charge in [-0.2, -0.15) is 0 Å². The second-order valence-corrected chi connectivity index (χ2v) is 4.26. The van der Waals surface area contributed by atoms with Crippen molar-refractivity contribution in [1.29, 1.82) is 0 Å². The molecule has 0 aromatic heterocycles. The lowest BCUT2D eigenvalue weighted by atomic mass is 10.0. The van der Waals surface area contributed by atoms with Crippen molar-refractivity contribution in [3.63, 3.8) is 0 Å². The van der Waals surface area contributed by atoms with Crippen LogP contribution < -0.4 is 11.1 Å². The molecule has 0 unspecified atom stereocenters. The summed E-state index contributed by atoms with van der Waals surface area (Å²) in [5, 5.41) is 2.59. The van der Waals surface area contributed by atoms with Crippen LogP contribution in [0.25, 0.3) is 0 Å². The van der Waals surface area contributed by atoms with Crippen molar-refractivity contribution < 1.29 is 18.3 Å². The maximum atomic E-state index is 11.9. The number of amides is 1. The van der Waals surface area contributed by atoms with E-state index in [-0.39, 0.29) is 25.6 Å². The first-order chi connectivity index (χ1) is 10.0. The summed E-state index contributed by atoms with van der Waals surface area (Å²) in [6.45, 7) is 1.72. The van der Waals surface area contributed by atoms with E-state index in [2.05, 4.69) is 21.9 Å². The Kier molecular flexibility index (Phi) is 7.37. The van der Waals surface area contributed by atoms with Gasteiger partial charge in [0.05, 0.1) is 13.2 Å². The van der Waals surface area contributed by atoms with Gasteiger partial charge in [-0.3, -0.25) is 4.79 Å². The fourth-order valence-corrected chi connectivity index (χ4v) is 1.56. The van der Waals surface area contributed by atoms with Crippen LogP contribution in [-0.2, 0) is 4.74 Å². The maximum absolute atomic E-state index is 11.9. The van der Waals surface area contributed by atoms with Crippen LogP contribution in [0.15, 0.2) is 18.2 Å². The van der Waals surface area contributed by atoms with Crippen LogP contribution in [0.4, 0.5) is 8.78 Å². The first-order valence-electron chi connectivity index (χ1n) is 6.48. The minimum absolute atomic E-state index is 0.0434. The van der Waals surface area contributed by atoms with E-state index in [4.69, 9.17) is 5.73 Å². The van der Waals surface area contributed by atoms with Crippen LogP contribution in [0.1, 0.15) is 21.5 Å². The van der Waals surface area contributed by atoms with E-state index in [1.54, 1.807) is 18.2 Å². The average molecular weight is 296 g/mol. The normalized spacial score (nSPS) is 10.1. The van der Waals surface area contributed by atoms with Gasteiger partial charge in [0, 0.05) is 17.7 Å². The van der Waals surface area contributed by atoms with Crippen LogP contribution in [0.5, 0.6) is 0 Å². The van der Waals surface area contributed by atoms with E-state index in [0.717, 1.165) is 11.1 Å². The van der Waals surface area contributed by atoms with Gasteiger partial charge < -0.3 is 15.8 Å². The largest absolute Gasteiger partial charge is 0.374 e. The number of nitrogens with two attached hydrogens (primary N) is 1. The van der Waals surface area contributed by atoms with Crippen LogP contribution in [-0.4, -0.2) is 38.6 Å². The Morgan fingerprint density at radius 2 is 2.24 bits per heavy atom. The maximum Gasteiger partial charge on any atom is 0.261 e. The molecule has 1 amide bonds. The molecule has 0 heterocycles. The zero-order chi connectivity index (χ0) is 15.7. The molecule has 0 saturated heterocycles. The van der Waals surface area contributed by atoms with E-state index >= 15 is 0 Å². The molecule has 1 rings (SSSR count). The molecule has 0 aliphatic carbocycles. The smallest absolute Gasteiger partial charge is 0.261 e. The van der Waals surface area contributed by atoms with Gasteiger partial charge in [0.15, 0.2) is 0 Å². The standard InChI is InChI=1S/C15H18F2N2O2/c1-11-4-5-13(9-12(11)3-2-6-18)15(20)19-7-8-21-10-14(16)17/h4-5,9,14H,6-8,10,18H2,1H3,(H,19,20). The Morgan fingerprint density at radius 1 is 1.48 bits per heavy atom. The molecule has 4 nitrogen and oxygen atoms in total. The highest BCUT2D eigenvalue weighted by atomic mass is 19.3. The Bertz CT molecular complexity index is 536. The monoisotopic (exact) mass is 296 g/mol. The molecule has 0 spiro atoms. The number of carbonyl (C=O) groups is 1. The van der Waals surface area contributed by atoms with Gasteiger partial charge in [-0.25, -0.2) is 8.78 Å². The summed E-state index contributed by atoms with van der Waals surface area (Å²) in [5.41, 5.74) is 7.46. The molecule has 0 bridgehead atoms. The van der Waals surface area contributed by atoms with Gasteiger partial charge in [0.25, 0.3) is 12.3 Å². The number of carbonyl (C=O) groups excluding carboxylic acids is 1. The molecule has 0 aliphatic heterocycles. The summed E-state index contributed by atoms with van der Waals surface area (Å²) in [5.74, 6) is 5.33. The molecule has 0 atom stereocenters. The van der Waals surface area contributed by atoms with E-state index in [0.29, 0.717) is 5.56 Å². The molecule has 0 radical (unpaired) electrons. The lowest BCUT2D eigenvalue weighted by molar-refractivity contribution is 0.0188. The summed E-state index contributed by atoms with van der Waals surface area (Å²) in [6, 6.07) is 5.15. The highest BCUT2D eigenvalue weighted by Crippen LogP contribution is 2.10. The van der Waals surface area contributed by atoms with E-state index < -0.39 is 13.0 Å². The minimum atomic E-state index is -2.50. The number of hydrogen-bond donors (Lipinski definition) is 2. The molecule has 1 aromatic rings. The van der Waals surface area contributed by atoms with Crippen molar-refractivity contribution in [2.75, 3.05) is 26.3 Å². The van der Waals surface area contributed by atoms with E-state index in [9.17, 15) is 13.6 Å². The van der Waals surface area contributed by atoms with Crippen molar-refractivity contribution in [3.05, 3.63) is 34.9 Å². The molecule has 6 heteroatoms. The number of ether oxygens (including phenoxy) is 1. The van der Waals surface area contributed by atoms with Crippen LogP contribution in [0, 0.1) is 18.8 Å². The molecule has 114 valence electrons. The summed E-state index contributed by atoms with van der Waals surface area (Å²) >= 11 is 0. The first kappa shape index (κ1) is 17.1. The van der Waals surface area contributed by atoms with Crippen LogP contribution >= 0.6 is 0 Å². The van der Waals surface area contributed by atoms with Gasteiger partial charge in [0.1, 0.15) is 6.61 Å². The predicted molar refractivity (Wildman–Crippen MR) is 76.3 cm³/mol. The molecule has 0 saturated carbocycles. The molecule has 0 fully saturated rings. The Morgan fingerprint density at radius 3 is 2.90 bits per heavy atom. The van der Waals surface area contributed by atoms with Gasteiger partial charge >= 0.3 is 0 Å². The molecular weight excluding hydrogens is 278 g/mol. The van der Waals surface area contributed by atoms with Gasteiger partial charge in [-0.05, 0) is 24.6 Å². The predicted octanol–water partition coefficient (Wildman–Crippen LogP) is 1.32. The highest BCUT2D eigenvalue weighted by Gasteiger charge is 2.07. The van der Waals surface area contributed by atoms with E-state index in [1.165, 1.54) is 0 Å². The fourth-order valence-electron chi connectivity index (χ4n) is 1.56. The fraction of sp³-hybridized carbons (Fsp3) is 0.400. The number of aryl methyl sites for hydroxylation is 1. The SMILES string of the molecule is Cc1ccc(C(=O)NCCOCC(F)F)cc1C#CCN. The van der Waals surface area contributed by atoms with Crippen molar-refractivity contribution in [2.24, 2.45) is 5.73 Å². The number of nitrogens with one attached hydrogen (secondary N) is 1. The van der Waals surface area contributed by atoms with Crippen LogP contribution in [0.2, 0.25) is 0 Å². The number of hydrogen-bond acceptors (Lipinski definition) is 3. The quantitative estimate of drug-likeness (QED) is 0.614. The molecule has 21 heavy (non-hydrogen) atoms. The third kappa shape index (κ3) is 6.34. The molecule has 3 N–H and O–H groups in total. The number of rotatable bonds is 6. The number of alkyl halides is 2. The van der Waals surface area contributed by atoms with E-state index in [1.807, 2.05) is 6.92 Å². The Balaban J connectivity index is 2.54. The summed E-state index contributed by atoms with van der Waals surface area (Å²) in [6.07, 6.45) is -2.50. The van der Waals surface area contributed by atoms with Crippen LogP contribution in [0.3, 0.4) is 0 Å². The lowest BCUT2D eigenvalue weighted by Gasteiger charge is -2.07. The van der Waals surface area contributed by atoms with Crippen molar-refractivity contribution in [3.8, 4) is 11.8 Å². The van der Waals surface area contributed by atoms with Gasteiger partial charge in [-0.1, -0.05) is 17.9 Å². The minimum Gasteiger partial charge on any atom is -0.374 e. The zero-order valence-corrected chi connectivity index (χ0v) is 11.8. The summed E-state index contributed by atoms with van der Waals surface area (Å²) < 4.78 is 28.3.